The summed E-state index contributed by atoms with van der Waals surface area (Å²) in [5.41, 5.74) is 0. The molecule has 6 heteroatoms. The maximum absolute atomic E-state index is 12.9. The Balaban J connectivity index is 4.22. The van der Waals surface area contributed by atoms with Gasteiger partial charge in [0.05, 0.1) is 0 Å². The van der Waals surface area contributed by atoms with Gasteiger partial charge in [-0.3, -0.25) is 14.4 Å². The maximum atomic E-state index is 12.9. The van der Waals surface area contributed by atoms with Gasteiger partial charge < -0.3 is 14.2 Å². The van der Waals surface area contributed by atoms with Gasteiger partial charge in [-0.15, -0.1) is 0 Å². The van der Waals surface area contributed by atoms with Crippen LogP contribution in [0.25, 0.3) is 0 Å². The van der Waals surface area contributed by atoms with E-state index < -0.39 is 6.10 Å². The second-order valence-electron chi connectivity index (χ2n) is 22.7. The molecule has 0 aliphatic rings. The third kappa shape index (κ3) is 62.4. The van der Waals surface area contributed by atoms with Crippen molar-refractivity contribution in [2.45, 2.75) is 374 Å². The lowest BCUT2D eigenvalue weighted by Gasteiger charge is -2.18. The van der Waals surface area contributed by atoms with Crippen LogP contribution in [0.4, 0.5) is 0 Å². The summed E-state index contributed by atoms with van der Waals surface area (Å²) in [6.45, 7) is 6.67. The van der Waals surface area contributed by atoms with Crippen molar-refractivity contribution < 1.29 is 28.6 Å². The molecule has 0 heterocycles. The predicted octanol–water partition coefficient (Wildman–Crippen LogP) is 22.8. The van der Waals surface area contributed by atoms with Crippen LogP contribution in [0.5, 0.6) is 0 Å². The van der Waals surface area contributed by atoms with Gasteiger partial charge in [-0.25, -0.2) is 0 Å². The van der Waals surface area contributed by atoms with E-state index in [0.29, 0.717) is 19.3 Å². The smallest absolute Gasteiger partial charge is 0.306 e. The lowest BCUT2D eigenvalue weighted by molar-refractivity contribution is -0.167. The third-order valence-electron chi connectivity index (χ3n) is 15.1. The van der Waals surface area contributed by atoms with E-state index in [1.54, 1.807) is 0 Å². The van der Waals surface area contributed by atoms with Crippen molar-refractivity contribution in [2.75, 3.05) is 13.2 Å². The van der Waals surface area contributed by atoms with Crippen molar-refractivity contribution in [3.63, 3.8) is 0 Å². The second-order valence-corrected chi connectivity index (χ2v) is 22.7. The molecule has 0 fully saturated rings. The van der Waals surface area contributed by atoms with Gasteiger partial charge in [0, 0.05) is 19.3 Å². The van der Waals surface area contributed by atoms with E-state index in [2.05, 4.69) is 57.2 Å². The van der Waals surface area contributed by atoms with Crippen LogP contribution in [-0.2, 0) is 28.6 Å². The molecule has 0 aromatic heterocycles. The Morgan fingerprint density at radius 1 is 0.253 bits per heavy atom. The number of carbonyl (C=O) groups excluding carboxylic acids is 3. The normalized spacial score (nSPS) is 12.2. The number of hydrogen-bond donors (Lipinski definition) is 0. The fraction of sp³-hybridized carbons (Fsp3) is 0.870. The van der Waals surface area contributed by atoms with Crippen LogP contribution in [-0.4, -0.2) is 37.2 Å². The molecule has 0 rings (SSSR count). The van der Waals surface area contributed by atoms with Crippen molar-refractivity contribution in [1.29, 1.82) is 0 Å². The van der Waals surface area contributed by atoms with Gasteiger partial charge in [0.1, 0.15) is 13.2 Å². The summed E-state index contributed by atoms with van der Waals surface area (Å²) in [6.07, 6.45) is 78.8. The molecule has 0 aromatic rings. The van der Waals surface area contributed by atoms with Crippen molar-refractivity contribution >= 4 is 17.9 Å². The minimum Gasteiger partial charge on any atom is -0.462 e. The summed E-state index contributed by atoms with van der Waals surface area (Å²) in [6, 6.07) is 0. The zero-order chi connectivity index (χ0) is 54.3. The Morgan fingerprint density at radius 2 is 0.440 bits per heavy atom. The van der Waals surface area contributed by atoms with E-state index in [0.717, 1.165) is 70.6 Å². The van der Waals surface area contributed by atoms with E-state index >= 15 is 0 Å². The minimum absolute atomic E-state index is 0.0744. The van der Waals surface area contributed by atoms with Gasteiger partial charge in [-0.1, -0.05) is 288 Å². The summed E-state index contributed by atoms with van der Waals surface area (Å²) in [7, 11) is 0. The molecule has 75 heavy (non-hydrogen) atoms. The summed E-state index contributed by atoms with van der Waals surface area (Å²) >= 11 is 0. The molecule has 1 unspecified atom stereocenters. The molecule has 0 radical (unpaired) electrons. The number of rotatable bonds is 62. The van der Waals surface area contributed by atoms with Crippen molar-refractivity contribution in [3.05, 3.63) is 36.5 Å². The van der Waals surface area contributed by atoms with Gasteiger partial charge in [-0.2, -0.15) is 0 Å². The van der Waals surface area contributed by atoms with Crippen LogP contribution in [0.15, 0.2) is 36.5 Å². The highest BCUT2D eigenvalue weighted by Gasteiger charge is 2.19. The second kappa shape index (κ2) is 64.2. The Labute approximate surface area is 467 Å². The van der Waals surface area contributed by atoms with Gasteiger partial charge in [0.2, 0.25) is 0 Å². The molecule has 0 amide bonds. The van der Waals surface area contributed by atoms with Gasteiger partial charge in [-0.05, 0) is 96.3 Å². The molecular formula is C69H128O6. The van der Waals surface area contributed by atoms with Crippen LogP contribution in [0.1, 0.15) is 367 Å². The fourth-order valence-electron chi connectivity index (χ4n) is 10.0. The average Bonchev–Trinajstić information content (AvgIpc) is 3.41. The van der Waals surface area contributed by atoms with Gasteiger partial charge >= 0.3 is 17.9 Å². The number of allylic oxidation sites excluding steroid dienone is 6. The first-order valence-electron chi connectivity index (χ1n) is 33.5. The van der Waals surface area contributed by atoms with E-state index in [-0.39, 0.29) is 31.1 Å². The Hall–Kier alpha value is -2.37. The molecule has 0 aliphatic heterocycles. The summed E-state index contributed by atoms with van der Waals surface area (Å²) in [5, 5.41) is 0. The lowest BCUT2D eigenvalue weighted by atomic mass is 10.0. The summed E-state index contributed by atoms with van der Waals surface area (Å²) in [5.74, 6) is -0.869. The Bertz CT molecular complexity index is 1250. The number of unbranched alkanes of at least 4 members (excludes halogenated alkanes) is 45. The summed E-state index contributed by atoms with van der Waals surface area (Å²) in [4.78, 5) is 38.3. The molecule has 0 bridgehead atoms. The van der Waals surface area contributed by atoms with E-state index in [1.807, 2.05) is 0 Å². The minimum atomic E-state index is -0.778. The molecule has 1 atom stereocenters. The monoisotopic (exact) mass is 1050 g/mol. The topological polar surface area (TPSA) is 78.9 Å². The molecular weight excluding hydrogens is 925 g/mol. The van der Waals surface area contributed by atoms with E-state index in [1.165, 1.54) is 257 Å². The van der Waals surface area contributed by atoms with E-state index in [4.69, 9.17) is 14.2 Å². The number of esters is 3. The lowest BCUT2D eigenvalue weighted by Crippen LogP contribution is -2.30. The van der Waals surface area contributed by atoms with Gasteiger partial charge in [0.15, 0.2) is 6.10 Å². The molecule has 0 saturated carbocycles. The summed E-state index contributed by atoms with van der Waals surface area (Å²) < 4.78 is 16.9. The van der Waals surface area contributed by atoms with Crippen molar-refractivity contribution in [1.82, 2.24) is 0 Å². The number of ether oxygens (including phenoxy) is 3. The van der Waals surface area contributed by atoms with Crippen LogP contribution in [0, 0.1) is 0 Å². The molecule has 0 N–H and O–H groups in total. The Kier molecular flexibility index (Phi) is 62.1. The van der Waals surface area contributed by atoms with Crippen molar-refractivity contribution in [3.8, 4) is 0 Å². The van der Waals surface area contributed by atoms with Gasteiger partial charge in [0.25, 0.3) is 0 Å². The predicted molar refractivity (Wildman–Crippen MR) is 326 cm³/mol. The highest BCUT2D eigenvalue weighted by atomic mass is 16.6. The van der Waals surface area contributed by atoms with E-state index in [9.17, 15) is 14.4 Å². The van der Waals surface area contributed by atoms with Crippen LogP contribution >= 0.6 is 0 Å². The zero-order valence-corrected chi connectivity index (χ0v) is 50.6. The first kappa shape index (κ1) is 72.6. The first-order valence-corrected chi connectivity index (χ1v) is 33.5. The SMILES string of the molecule is CCCCCCC/C=C\CCCCCCCC(=O)OCC(COC(=O)CCCCCCCCCCCCCCCCC/C=C\CCCCCCCCCC)OC(=O)CCCCCCC/C=C\CCCCCCCCC. The Morgan fingerprint density at radius 3 is 0.667 bits per heavy atom. The maximum Gasteiger partial charge on any atom is 0.306 e. The quantitative estimate of drug-likeness (QED) is 0.0261. The highest BCUT2D eigenvalue weighted by Crippen LogP contribution is 2.17. The third-order valence-corrected chi connectivity index (χ3v) is 15.1. The molecule has 0 aliphatic carbocycles. The molecule has 0 spiro atoms. The molecule has 6 nitrogen and oxygen atoms in total. The van der Waals surface area contributed by atoms with Crippen LogP contribution in [0.2, 0.25) is 0 Å². The number of hydrogen-bond acceptors (Lipinski definition) is 6. The fourth-order valence-corrected chi connectivity index (χ4v) is 10.0. The number of carbonyl (C=O) groups is 3. The zero-order valence-electron chi connectivity index (χ0n) is 50.6. The standard InChI is InChI=1S/C69H128O6/c1-4-7-10-13-16-19-22-25-28-30-31-32-33-34-35-36-37-38-39-40-42-44-47-50-53-56-59-62-68(71)74-65-66(64-73-67(70)61-58-55-52-49-46-43-27-24-21-18-15-12-9-6-3)75-69(72)63-60-57-54-51-48-45-41-29-26-23-20-17-14-11-8-5-2/h24,27,29-31,41,66H,4-23,25-26,28,32-40,42-65H2,1-3H3/b27-24-,31-30-,41-29-. The first-order chi connectivity index (χ1) is 37.0. The van der Waals surface area contributed by atoms with Crippen LogP contribution in [0.3, 0.4) is 0 Å². The van der Waals surface area contributed by atoms with Crippen LogP contribution < -0.4 is 0 Å². The van der Waals surface area contributed by atoms with Crippen molar-refractivity contribution in [2.24, 2.45) is 0 Å². The molecule has 0 aromatic carbocycles. The molecule has 440 valence electrons. The average molecular weight is 1050 g/mol. The highest BCUT2D eigenvalue weighted by molar-refractivity contribution is 5.71. The molecule has 0 saturated heterocycles. The largest absolute Gasteiger partial charge is 0.462 e.